The number of nitrogen functional groups attached to an aromatic ring is 1. The van der Waals surface area contributed by atoms with Crippen LogP contribution in [0.15, 0.2) is 42.5 Å². The van der Waals surface area contributed by atoms with Gasteiger partial charge in [-0.05, 0) is 42.3 Å². The van der Waals surface area contributed by atoms with Gasteiger partial charge in [0.05, 0.1) is 12.1 Å². The van der Waals surface area contributed by atoms with E-state index < -0.39 is 0 Å². The predicted molar refractivity (Wildman–Crippen MR) is 77.1 cm³/mol. The molecule has 0 spiro atoms. The monoisotopic (exact) mass is 253 g/mol. The van der Waals surface area contributed by atoms with Gasteiger partial charge in [-0.3, -0.25) is 5.10 Å². The molecule has 3 rings (SSSR count). The number of anilines is 1. The zero-order valence-electron chi connectivity index (χ0n) is 10.7. The summed E-state index contributed by atoms with van der Waals surface area (Å²) in [5.41, 5.74) is 8.93. The lowest BCUT2D eigenvalue weighted by Gasteiger charge is -2.06. The summed E-state index contributed by atoms with van der Waals surface area (Å²) in [6.07, 6.45) is 0. The lowest BCUT2D eigenvalue weighted by molar-refractivity contribution is 0.340. The normalized spacial score (nSPS) is 10.8. The van der Waals surface area contributed by atoms with Crippen molar-refractivity contribution in [1.29, 1.82) is 0 Å². The number of aromatic amines is 1. The molecule has 0 atom stereocenters. The van der Waals surface area contributed by atoms with Gasteiger partial charge in [-0.25, -0.2) is 0 Å². The maximum atomic E-state index is 5.77. The summed E-state index contributed by atoms with van der Waals surface area (Å²) < 4.78 is 5.52. The molecule has 0 aliphatic rings. The maximum Gasteiger partial charge on any atom is 0.153 e. The maximum absolute atomic E-state index is 5.77. The lowest BCUT2D eigenvalue weighted by Crippen LogP contribution is -1.91. The van der Waals surface area contributed by atoms with Crippen LogP contribution in [0.4, 0.5) is 5.82 Å². The molecule has 0 unspecified atom stereocenters. The van der Waals surface area contributed by atoms with Crippen LogP contribution >= 0.6 is 0 Å². The second-order valence-corrected chi connectivity index (χ2v) is 4.33. The van der Waals surface area contributed by atoms with Crippen molar-refractivity contribution in [1.82, 2.24) is 10.2 Å². The number of aromatic nitrogens is 2. The van der Waals surface area contributed by atoms with Crippen LogP contribution in [0.2, 0.25) is 0 Å². The highest BCUT2D eigenvalue weighted by Gasteiger charge is 2.05. The zero-order chi connectivity index (χ0) is 13.2. The smallest absolute Gasteiger partial charge is 0.153 e. The first-order valence-corrected chi connectivity index (χ1v) is 6.25. The Balaban J connectivity index is 2.05. The van der Waals surface area contributed by atoms with Gasteiger partial charge in [0, 0.05) is 5.39 Å². The van der Waals surface area contributed by atoms with E-state index in [1.807, 2.05) is 43.3 Å². The molecule has 4 nitrogen and oxygen atoms in total. The molecule has 2 aromatic carbocycles. The molecular formula is C15H15N3O. The van der Waals surface area contributed by atoms with Crippen molar-refractivity contribution in [3.63, 3.8) is 0 Å². The van der Waals surface area contributed by atoms with Crippen LogP contribution < -0.4 is 10.5 Å². The molecule has 96 valence electrons. The fourth-order valence-electron chi connectivity index (χ4n) is 2.15. The summed E-state index contributed by atoms with van der Waals surface area (Å²) in [7, 11) is 0. The van der Waals surface area contributed by atoms with E-state index in [1.54, 1.807) is 0 Å². The van der Waals surface area contributed by atoms with E-state index >= 15 is 0 Å². The molecule has 0 bridgehead atoms. The van der Waals surface area contributed by atoms with Gasteiger partial charge in [-0.15, -0.1) is 0 Å². The molecule has 0 saturated carbocycles. The van der Waals surface area contributed by atoms with E-state index in [4.69, 9.17) is 10.5 Å². The number of rotatable bonds is 3. The van der Waals surface area contributed by atoms with Crippen LogP contribution in [0.5, 0.6) is 5.75 Å². The summed E-state index contributed by atoms with van der Waals surface area (Å²) >= 11 is 0. The molecule has 0 amide bonds. The summed E-state index contributed by atoms with van der Waals surface area (Å²) in [5, 5.41) is 7.89. The number of H-pyrrole nitrogens is 1. The third-order valence-corrected chi connectivity index (χ3v) is 3.07. The largest absolute Gasteiger partial charge is 0.494 e. The average molecular weight is 253 g/mol. The zero-order valence-corrected chi connectivity index (χ0v) is 10.7. The highest BCUT2D eigenvalue weighted by atomic mass is 16.5. The van der Waals surface area contributed by atoms with Gasteiger partial charge in [-0.2, -0.15) is 5.10 Å². The van der Waals surface area contributed by atoms with E-state index in [2.05, 4.69) is 16.3 Å². The second-order valence-electron chi connectivity index (χ2n) is 4.33. The summed E-state index contributed by atoms with van der Waals surface area (Å²) in [4.78, 5) is 0. The molecule has 1 aromatic heterocycles. The molecule has 1 heterocycles. The summed E-state index contributed by atoms with van der Waals surface area (Å²) in [6, 6.07) is 14.1. The van der Waals surface area contributed by atoms with Gasteiger partial charge in [0.2, 0.25) is 0 Å². The van der Waals surface area contributed by atoms with E-state index in [0.717, 1.165) is 27.8 Å². The number of nitrogens with one attached hydrogen (secondary N) is 1. The Kier molecular flexibility index (Phi) is 2.83. The molecule has 0 saturated heterocycles. The number of nitrogens with zero attached hydrogens (tertiary/aromatic N) is 1. The molecular weight excluding hydrogens is 238 g/mol. The summed E-state index contributed by atoms with van der Waals surface area (Å²) in [5.74, 6) is 1.41. The van der Waals surface area contributed by atoms with Gasteiger partial charge in [0.1, 0.15) is 5.75 Å². The third kappa shape index (κ3) is 2.12. The standard InChI is InChI=1S/C15H15N3O/c1-2-19-12-5-3-4-10(8-12)11-6-7-13-14(9-11)17-18-15(13)16/h3-9H,2H2,1H3,(H3,16,17,18). The van der Waals surface area contributed by atoms with Crippen LogP contribution in [0.3, 0.4) is 0 Å². The Morgan fingerprint density at radius 3 is 2.84 bits per heavy atom. The van der Waals surface area contributed by atoms with Crippen molar-refractivity contribution in [2.45, 2.75) is 6.92 Å². The predicted octanol–water partition coefficient (Wildman–Crippen LogP) is 3.21. The molecule has 3 aromatic rings. The highest BCUT2D eigenvalue weighted by molar-refractivity contribution is 5.91. The first-order chi connectivity index (χ1) is 9.28. The Labute approximate surface area is 111 Å². The quantitative estimate of drug-likeness (QED) is 0.753. The minimum absolute atomic E-state index is 0.532. The molecule has 19 heavy (non-hydrogen) atoms. The molecule has 0 fully saturated rings. The van der Waals surface area contributed by atoms with Crippen molar-refractivity contribution < 1.29 is 4.74 Å². The molecule has 0 radical (unpaired) electrons. The first kappa shape index (κ1) is 11.6. The van der Waals surface area contributed by atoms with Crippen LogP contribution in [0.1, 0.15) is 6.92 Å². The number of fused-ring (bicyclic) bond motifs is 1. The molecule has 4 heteroatoms. The number of hydrogen-bond donors (Lipinski definition) is 2. The van der Waals surface area contributed by atoms with Crippen LogP contribution in [-0.2, 0) is 0 Å². The highest BCUT2D eigenvalue weighted by Crippen LogP contribution is 2.28. The fraction of sp³-hybridized carbons (Fsp3) is 0.133. The SMILES string of the molecule is CCOc1cccc(-c2ccc3c(N)n[nH]c3c2)c1. The fourth-order valence-corrected chi connectivity index (χ4v) is 2.15. The van der Waals surface area contributed by atoms with Gasteiger partial charge < -0.3 is 10.5 Å². The minimum atomic E-state index is 0.532. The number of hydrogen-bond acceptors (Lipinski definition) is 3. The summed E-state index contributed by atoms with van der Waals surface area (Å²) in [6.45, 7) is 2.64. The third-order valence-electron chi connectivity index (χ3n) is 3.07. The Hall–Kier alpha value is -2.49. The minimum Gasteiger partial charge on any atom is -0.494 e. The van der Waals surface area contributed by atoms with Gasteiger partial charge in [0.15, 0.2) is 5.82 Å². The number of benzene rings is 2. The van der Waals surface area contributed by atoms with Gasteiger partial charge in [-0.1, -0.05) is 18.2 Å². The van der Waals surface area contributed by atoms with Crippen LogP contribution in [-0.4, -0.2) is 16.8 Å². The van der Waals surface area contributed by atoms with Gasteiger partial charge >= 0.3 is 0 Å². The Morgan fingerprint density at radius 1 is 1.16 bits per heavy atom. The molecule has 0 aliphatic carbocycles. The van der Waals surface area contributed by atoms with Crippen molar-refractivity contribution in [3.05, 3.63) is 42.5 Å². The molecule has 0 aliphatic heterocycles. The second kappa shape index (κ2) is 4.65. The van der Waals surface area contributed by atoms with Crippen molar-refractivity contribution in [3.8, 4) is 16.9 Å². The first-order valence-electron chi connectivity index (χ1n) is 6.25. The van der Waals surface area contributed by atoms with Crippen molar-refractivity contribution in [2.75, 3.05) is 12.3 Å². The van der Waals surface area contributed by atoms with Gasteiger partial charge in [0.25, 0.3) is 0 Å². The van der Waals surface area contributed by atoms with E-state index in [9.17, 15) is 0 Å². The van der Waals surface area contributed by atoms with Crippen LogP contribution in [0.25, 0.3) is 22.0 Å². The van der Waals surface area contributed by atoms with E-state index in [0.29, 0.717) is 12.4 Å². The van der Waals surface area contributed by atoms with E-state index in [-0.39, 0.29) is 0 Å². The van der Waals surface area contributed by atoms with E-state index in [1.165, 1.54) is 0 Å². The van der Waals surface area contributed by atoms with Crippen LogP contribution in [0, 0.1) is 0 Å². The molecule has 3 N–H and O–H groups in total. The lowest BCUT2D eigenvalue weighted by atomic mass is 10.0. The van der Waals surface area contributed by atoms with Crippen molar-refractivity contribution in [2.24, 2.45) is 0 Å². The van der Waals surface area contributed by atoms with Crippen molar-refractivity contribution >= 4 is 16.7 Å². The topological polar surface area (TPSA) is 63.9 Å². The Bertz CT molecular complexity index is 718. The Morgan fingerprint density at radius 2 is 2.00 bits per heavy atom. The number of nitrogens with two attached hydrogens (primary N) is 1. The number of ether oxygens (including phenoxy) is 1. The average Bonchev–Trinajstić information content (AvgIpc) is 2.81.